The maximum absolute atomic E-state index is 13.1. The van der Waals surface area contributed by atoms with Gasteiger partial charge in [-0.3, -0.25) is 4.90 Å². The predicted molar refractivity (Wildman–Crippen MR) is 150 cm³/mol. The van der Waals surface area contributed by atoms with Crippen LogP contribution in [0.25, 0.3) is 11.5 Å². The molecule has 0 atom stereocenters. The van der Waals surface area contributed by atoms with Crippen LogP contribution in [0.5, 0.6) is 0 Å². The van der Waals surface area contributed by atoms with Crippen LogP contribution >= 0.6 is 0 Å². The number of benzene rings is 1. The van der Waals surface area contributed by atoms with E-state index in [1.165, 1.54) is 0 Å². The van der Waals surface area contributed by atoms with E-state index in [0.717, 1.165) is 24.3 Å². The van der Waals surface area contributed by atoms with Crippen LogP contribution in [-0.4, -0.2) is 74.8 Å². The maximum atomic E-state index is 13.1. The third-order valence-corrected chi connectivity index (χ3v) is 8.57. The minimum absolute atomic E-state index is 0.309. The Balaban J connectivity index is 1.24. The van der Waals surface area contributed by atoms with Gasteiger partial charge in [0.15, 0.2) is 5.82 Å². The number of pyridine rings is 1. The highest BCUT2D eigenvalue weighted by atomic mass is 32.2. The van der Waals surface area contributed by atoms with Crippen molar-refractivity contribution in [1.29, 1.82) is 0 Å². The third-order valence-electron chi connectivity index (χ3n) is 6.66. The SMILES string of the molecule is Cc1cccc(-c2nccc(Nc3ccnc(Cc4ccc(S(=O)(=O)N5CCN(C(C)C)CC5)cc4)n3)n2)n1. The smallest absolute Gasteiger partial charge is 0.243 e. The standard InChI is InChI=1S/C28H32N8O2S/c1-20(2)35-15-17-36(18-16-35)39(37,38)23-9-7-22(8-10-23)19-27-29-13-11-25(33-27)32-26-12-14-30-28(34-26)24-6-4-5-21(3)31-24/h4-14,20H,15-19H2,1-3H3,(H,29,30,32,33,34). The molecule has 0 spiro atoms. The molecule has 4 aromatic rings. The molecule has 202 valence electrons. The first kappa shape index (κ1) is 26.8. The molecule has 1 aliphatic heterocycles. The van der Waals surface area contributed by atoms with Crippen LogP contribution in [-0.2, 0) is 16.4 Å². The second kappa shape index (κ2) is 11.5. The number of hydrogen-bond donors (Lipinski definition) is 1. The lowest BCUT2D eigenvalue weighted by Gasteiger charge is -2.36. The van der Waals surface area contributed by atoms with Gasteiger partial charge < -0.3 is 5.32 Å². The zero-order valence-electron chi connectivity index (χ0n) is 22.3. The van der Waals surface area contributed by atoms with Crippen molar-refractivity contribution in [3.63, 3.8) is 0 Å². The van der Waals surface area contributed by atoms with E-state index in [0.29, 0.717) is 59.4 Å². The third kappa shape index (κ3) is 6.44. The van der Waals surface area contributed by atoms with E-state index < -0.39 is 10.0 Å². The first-order valence-electron chi connectivity index (χ1n) is 13.0. The number of nitrogens with one attached hydrogen (secondary N) is 1. The number of sulfonamides is 1. The molecule has 1 aliphatic rings. The summed E-state index contributed by atoms with van der Waals surface area (Å²) in [5.74, 6) is 2.32. The Morgan fingerprint density at radius 3 is 2.23 bits per heavy atom. The highest BCUT2D eigenvalue weighted by Crippen LogP contribution is 2.21. The molecule has 0 bridgehead atoms. The second-order valence-corrected chi connectivity index (χ2v) is 11.7. The van der Waals surface area contributed by atoms with Crippen LogP contribution in [0.15, 0.2) is 71.9 Å². The molecule has 0 aliphatic carbocycles. The Morgan fingerprint density at radius 1 is 0.846 bits per heavy atom. The van der Waals surface area contributed by atoms with Crippen LogP contribution in [0.2, 0.25) is 0 Å². The van der Waals surface area contributed by atoms with Gasteiger partial charge in [-0.2, -0.15) is 4.31 Å². The van der Waals surface area contributed by atoms with Gasteiger partial charge >= 0.3 is 0 Å². The van der Waals surface area contributed by atoms with Gasteiger partial charge in [0.05, 0.1) is 4.90 Å². The molecule has 5 rings (SSSR count). The molecule has 1 aromatic carbocycles. The Bertz CT molecular complexity index is 1540. The van der Waals surface area contributed by atoms with E-state index in [2.05, 4.69) is 49.0 Å². The molecule has 1 saturated heterocycles. The Kier molecular flexibility index (Phi) is 7.92. The Labute approximate surface area is 229 Å². The normalized spacial score (nSPS) is 15.0. The fraction of sp³-hybridized carbons (Fsp3) is 0.321. The number of piperazine rings is 1. The number of rotatable bonds is 8. The van der Waals surface area contributed by atoms with Crippen molar-refractivity contribution in [3.8, 4) is 11.5 Å². The predicted octanol–water partition coefficient (Wildman–Crippen LogP) is 3.69. The first-order valence-corrected chi connectivity index (χ1v) is 14.4. The molecule has 4 heterocycles. The van der Waals surface area contributed by atoms with Gasteiger partial charge in [-0.05, 0) is 62.7 Å². The molecule has 10 nitrogen and oxygen atoms in total. The molecular formula is C28H32N8O2S. The van der Waals surface area contributed by atoms with Gasteiger partial charge in [0.1, 0.15) is 23.2 Å². The van der Waals surface area contributed by atoms with Crippen LogP contribution in [0, 0.1) is 6.92 Å². The fourth-order valence-corrected chi connectivity index (χ4v) is 5.90. The molecule has 0 radical (unpaired) electrons. The molecular weight excluding hydrogens is 512 g/mol. The van der Waals surface area contributed by atoms with Gasteiger partial charge in [-0.25, -0.2) is 33.3 Å². The monoisotopic (exact) mass is 544 g/mol. The number of aromatic nitrogens is 5. The van der Waals surface area contributed by atoms with Crippen molar-refractivity contribution in [2.45, 2.75) is 38.1 Å². The van der Waals surface area contributed by atoms with Crippen molar-refractivity contribution >= 4 is 21.7 Å². The average molecular weight is 545 g/mol. The van der Waals surface area contributed by atoms with E-state index in [1.807, 2.05) is 37.3 Å². The van der Waals surface area contributed by atoms with Crippen molar-refractivity contribution in [3.05, 3.63) is 84.1 Å². The summed E-state index contributed by atoms with van der Waals surface area (Å²) in [6.45, 7) is 8.70. The lowest BCUT2D eigenvalue weighted by atomic mass is 10.1. The van der Waals surface area contributed by atoms with Crippen molar-refractivity contribution in [2.24, 2.45) is 0 Å². The second-order valence-electron chi connectivity index (χ2n) is 9.77. The molecule has 11 heteroatoms. The summed E-state index contributed by atoms with van der Waals surface area (Å²) in [5.41, 5.74) is 2.51. The topological polar surface area (TPSA) is 117 Å². The number of anilines is 2. The molecule has 1 N–H and O–H groups in total. The maximum Gasteiger partial charge on any atom is 0.243 e. The molecule has 1 fully saturated rings. The lowest BCUT2D eigenvalue weighted by Crippen LogP contribution is -2.50. The summed E-state index contributed by atoms with van der Waals surface area (Å²) in [5, 5.41) is 3.21. The molecule has 0 amide bonds. The van der Waals surface area contributed by atoms with E-state index in [1.54, 1.807) is 41.0 Å². The Morgan fingerprint density at radius 2 is 1.54 bits per heavy atom. The summed E-state index contributed by atoms with van der Waals surface area (Å²) < 4.78 is 27.9. The van der Waals surface area contributed by atoms with E-state index in [4.69, 9.17) is 0 Å². The van der Waals surface area contributed by atoms with Crippen molar-refractivity contribution in [1.82, 2.24) is 34.1 Å². The quantitative estimate of drug-likeness (QED) is 0.354. The summed E-state index contributed by atoms with van der Waals surface area (Å²) in [6.07, 6.45) is 3.83. The minimum Gasteiger partial charge on any atom is -0.325 e. The summed E-state index contributed by atoms with van der Waals surface area (Å²) in [4.78, 5) is 25.0. The minimum atomic E-state index is -3.52. The molecule has 3 aromatic heterocycles. The zero-order valence-corrected chi connectivity index (χ0v) is 23.1. The van der Waals surface area contributed by atoms with E-state index in [-0.39, 0.29) is 0 Å². The van der Waals surface area contributed by atoms with Gasteiger partial charge in [-0.1, -0.05) is 18.2 Å². The molecule has 0 unspecified atom stereocenters. The largest absolute Gasteiger partial charge is 0.325 e. The first-order chi connectivity index (χ1) is 18.8. The van der Waals surface area contributed by atoms with Crippen molar-refractivity contribution < 1.29 is 8.42 Å². The fourth-order valence-electron chi connectivity index (χ4n) is 4.48. The van der Waals surface area contributed by atoms with Crippen LogP contribution in [0.3, 0.4) is 0 Å². The summed E-state index contributed by atoms with van der Waals surface area (Å²) in [7, 11) is -3.52. The highest BCUT2D eigenvalue weighted by molar-refractivity contribution is 7.89. The average Bonchev–Trinajstić information content (AvgIpc) is 2.94. The number of hydrogen-bond acceptors (Lipinski definition) is 9. The van der Waals surface area contributed by atoms with E-state index >= 15 is 0 Å². The summed E-state index contributed by atoms with van der Waals surface area (Å²) >= 11 is 0. The van der Waals surface area contributed by atoms with E-state index in [9.17, 15) is 8.42 Å². The van der Waals surface area contributed by atoms with Crippen LogP contribution < -0.4 is 5.32 Å². The number of aryl methyl sites for hydroxylation is 1. The van der Waals surface area contributed by atoms with Gasteiger partial charge in [-0.15, -0.1) is 0 Å². The number of nitrogens with zero attached hydrogens (tertiary/aromatic N) is 7. The summed E-state index contributed by atoms with van der Waals surface area (Å²) in [6, 6.07) is 16.7. The van der Waals surface area contributed by atoms with Gasteiger partial charge in [0.25, 0.3) is 0 Å². The van der Waals surface area contributed by atoms with Crippen LogP contribution in [0.1, 0.15) is 30.9 Å². The lowest BCUT2D eigenvalue weighted by molar-refractivity contribution is 0.154. The van der Waals surface area contributed by atoms with Gasteiger partial charge in [0.2, 0.25) is 10.0 Å². The Hall–Kier alpha value is -3.80. The molecule has 0 saturated carbocycles. The van der Waals surface area contributed by atoms with Crippen molar-refractivity contribution in [2.75, 3.05) is 31.5 Å². The van der Waals surface area contributed by atoms with Gasteiger partial charge in [0, 0.05) is 56.7 Å². The highest BCUT2D eigenvalue weighted by Gasteiger charge is 2.29. The van der Waals surface area contributed by atoms with Crippen LogP contribution in [0.4, 0.5) is 11.6 Å². The zero-order chi connectivity index (χ0) is 27.4. The molecule has 39 heavy (non-hydrogen) atoms.